The number of nitriles is 4. The molecule has 0 bridgehead atoms. The van der Waals surface area contributed by atoms with E-state index in [0.717, 1.165) is 0 Å². The molecule has 1 aliphatic rings. The third kappa shape index (κ3) is 1.94. The number of rotatable bonds is 0. The van der Waals surface area contributed by atoms with Crippen molar-refractivity contribution >= 4 is 0 Å². The first-order valence-electron chi connectivity index (χ1n) is 5.21. The molecule has 0 N–H and O–H groups in total. The van der Waals surface area contributed by atoms with Crippen LogP contribution in [-0.2, 0) is 0 Å². The van der Waals surface area contributed by atoms with Gasteiger partial charge in [-0.3, -0.25) is 0 Å². The van der Waals surface area contributed by atoms with Crippen LogP contribution in [0.15, 0.2) is 9.98 Å². The Morgan fingerprint density at radius 2 is 1.05 bits per heavy atom. The third-order valence-corrected chi connectivity index (χ3v) is 2.69. The largest absolute Gasteiger partial charge is 0.431 e. The van der Waals surface area contributed by atoms with E-state index in [1.54, 1.807) is 24.3 Å². The summed E-state index contributed by atoms with van der Waals surface area (Å²) in [6, 6.07) is 6.17. The van der Waals surface area contributed by atoms with Crippen molar-refractivity contribution in [2.45, 2.75) is 12.3 Å². The van der Waals surface area contributed by atoms with Crippen molar-refractivity contribution in [3.05, 3.63) is 33.0 Å². The van der Waals surface area contributed by atoms with Gasteiger partial charge in [-0.2, -0.15) is 34.2 Å². The third-order valence-electron chi connectivity index (χ3n) is 2.69. The highest BCUT2D eigenvalue weighted by molar-refractivity contribution is 5.61. The Hall–Kier alpha value is -3.43. The zero-order valence-corrected chi connectivity index (χ0v) is 9.89. The molecular weight excluding hydrogens is 285 g/mol. The number of hydrogen-bond acceptors (Lipinski definition) is 6. The number of fused-ring (bicyclic) bond motifs is 1. The Morgan fingerprint density at radius 1 is 0.714 bits per heavy atom. The Labute approximate surface area is 114 Å². The lowest BCUT2D eigenvalue weighted by molar-refractivity contribution is -0.145. The van der Waals surface area contributed by atoms with Crippen molar-refractivity contribution in [2.75, 3.05) is 0 Å². The van der Waals surface area contributed by atoms with Crippen molar-refractivity contribution in [3.8, 4) is 24.3 Å². The maximum absolute atomic E-state index is 12.7. The van der Waals surface area contributed by atoms with Gasteiger partial charge in [0.2, 0.25) is 6.17 Å². The fourth-order valence-corrected chi connectivity index (χ4v) is 1.84. The van der Waals surface area contributed by atoms with Crippen molar-refractivity contribution < 1.29 is 13.2 Å². The fraction of sp³-hybridized carbons (Fsp3) is 0.167. The Morgan fingerprint density at radius 3 is 1.29 bits per heavy atom. The molecule has 0 aliphatic carbocycles. The number of benzene rings is 1. The van der Waals surface area contributed by atoms with E-state index in [2.05, 4.69) is 9.98 Å². The number of nitrogens with zero attached hydrogens (tertiary/aromatic N) is 6. The van der Waals surface area contributed by atoms with Gasteiger partial charge in [0.05, 0.1) is 22.3 Å². The van der Waals surface area contributed by atoms with Gasteiger partial charge in [0.1, 0.15) is 35.0 Å². The van der Waals surface area contributed by atoms with Crippen molar-refractivity contribution in [1.82, 2.24) is 0 Å². The van der Waals surface area contributed by atoms with Gasteiger partial charge in [0, 0.05) is 0 Å². The summed E-state index contributed by atoms with van der Waals surface area (Å²) in [6.07, 6.45) is -7.25. The van der Waals surface area contributed by atoms with E-state index in [-0.39, 0.29) is 0 Å². The van der Waals surface area contributed by atoms with E-state index in [1.165, 1.54) is 0 Å². The average molecular weight is 286 g/mol. The van der Waals surface area contributed by atoms with Gasteiger partial charge in [0.25, 0.3) is 0 Å². The lowest BCUT2D eigenvalue weighted by Gasteiger charge is -2.07. The molecule has 6 nitrogen and oxygen atoms in total. The van der Waals surface area contributed by atoms with Crippen LogP contribution in [0.2, 0.25) is 0 Å². The molecule has 2 rings (SSSR count). The summed E-state index contributed by atoms with van der Waals surface area (Å²) in [5, 5.41) is 35.0. The maximum atomic E-state index is 12.7. The lowest BCUT2D eigenvalue weighted by atomic mass is 9.97. The van der Waals surface area contributed by atoms with Gasteiger partial charge in [-0.25, -0.2) is 9.98 Å². The highest BCUT2D eigenvalue weighted by atomic mass is 19.4. The molecule has 0 saturated carbocycles. The zero-order valence-electron chi connectivity index (χ0n) is 9.89. The second-order valence-corrected chi connectivity index (χ2v) is 3.82. The van der Waals surface area contributed by atoms with Crippen LogP contribution in [0.25, 0.3) is 0 Å². The summed E-state index contributed by atoms with van der Waals surface area (Å²) in [7, 11) is 0. The first-order valence-corrected chi connectivity index (χ1v) is 5.21. The lowest BCUT2D eigenvalue weighted by Crippen LogP contribution is -2.31. The van der Waals surface area contributed by atoms with Gasteiger partial charge in [-0.05, 0) is 0 Å². The van der Waals surface area contributed by atoms with Crippen molar-refractivity contribution in [3.63, 3.8) is 0 Å². The van der Waals surface area contributed by atoms with E-state index in [9.17, 15) is 13.2 Å². The summed E-state index contributed by atoms with van der Waals surface area (Å²) in [6.45, 7) is 0. The molecular formula is C12HF3N6. The van der Waals surface area contributed by atoms with Gasteiger partial charge in [0.15, 0.2) is 0 Å². The summed E-state index contributed by atoms with van der Waals surface area (Å²) < 4.78 is 38.0. The first kappa shape index (κ1) is 14.0. The smallest absolute Gasteiger partial charge is 0.245 e. The van der Waals surface area contributed by atoms with E-state index in [1.807, 2.05) is 0 Å². The highest BCUT2D eigenvalue weighted by Gasteiger charge is 2.42. The predicted molar refractivity (Wildman–Crippen MR) is 57.5 cm³/mol. The fourth-order valence-electron chi connectivity index (χ4n) is 1.84. The molecule has 1 aromatic carbocycles. The molecule has 1 aromatic rings. The van der Waals surface area contributed by atoms with E-state index in [4.69, 9.17) is 21.0 Å². The molecule has 0 spiro atoms. The summed E-state index contributed by atoms with van der Waals surface area (Å²) in [5.41, 5.74) is -1.92. The van der Waals surface area contributed by atoms with Gasteiger partial charge < -0.3 is 0 Å². The SMILES string of the molecule is N#Cc1c(C#N)c(C#N)c2c(c1C#N)=NC(C(F)(F)F)N=2. The first-order chi connectivity index (χ1) is 9.88. The second kappa shape index (κ2) is 4.59. The Bertz CT molecular complexity index is 860. The van der Waals surface area contributed by atoms with Crippen LogP contribution in [0, 0.1) is 45.3 Å². The molecule has 0 amide bonds. The van der Waals surface area contributed by atoms with E-state index < -0.39 is 45.3 Å². The highest BCUT2D eigenvalue weighted by Crippen LogP contribution is 2.25. The van der Waals surface area contributed by atoms with Crippen LogP contribution in [-0.4, -0.2) is 12.3 Å². The van der Waals surface area contributed by atoms with Crippen LogP contribution in [0.5, 0.6) is 0 Å². The van der Waals surface area contributed by atoms with Crippen LogP contribution in [0.3, 0.4) is 0 Å². The molecule has 1 heterocycles. The standard InChI is InChI=1S/C12HF3N6/c13-12(14,15)11-20-9-7(3-18)5(1-16)6(2-17)8(4-19)10(9)21-11/h11H. The van der Waals surface area contributed by atoms with Gasteiger partial charge in [-0.1, -0.05) is 0 Å². The Kier molecular flexibility index (Phi) is 3.06. The summed E-state index contributed by atoms with van der Waals surface area (Å²) in [5.74, 6) is 0. The summed E-state index contributed by atoms with van der Waals surface area (Å²) >= 11 is 0. The van der Waals surface area contributed by atoms with Crippen molar-refractivity contribution in [2.24, 2.45) is 9.98 Å². The molecule has 0 aromatic heterocycles. The monoisotopic (exact) mass is 286 g/mol. The van der Waals surface area contributed by atoms with Crippen molar-refractivity contribution in [1.29, 1.82) is 21.0 Å². The van der Waals surface area contributed by atoms with Crippen LogP contribution in [0.1, 0.15) is 22.3 Å². The number of halogens is 3. The number of alkyl halides is 3. The second-order valence-electron chi connectivity index (χ2n) is 3.82. The molecule has 0 fully saturated rings. The van der Waals surface area contributed by atoms with Crippen LogP contribution in [0.4, 0.5) is 13.2 Å². The Balaban J connectivity index is 3.06. The quantitative estimate of drug-likeness (QED) is 0.681. The molecule has 0 saturated heterocycles. The maximum Gasteiger partial charge on any atom is 0.431 e. The molecule has 0 radical (unpaired) electrons. The van der Waals surface area contributed by atoms with Gasteiger partial charge in [-0.15, -0.1) is 0 Å². The zero-order chi connectivity index (χ0) is 15.8. The molecule has 1 aliphatic heterocycles. The molecule has 0 atom stereocenters. The van der Waals surface area contributed by atoms with Crippen LogP contribution >= 0.6 is 0 Å². The van der Waals surface area contributed by atoms with E-state index in [0.29, 0.717) is 0 Å². The van der Waals surface area contributed by atoms with Gasteiger partial charge >= 0.3 is 6.18 Å². The minimum atomic E-state index is -4.79. The predicted octanol–water partition coefficient (Wildman–Crippen LogP) is 0.315. The van der Waals surface area contributed by atoms with E-state index >= 15 is 0 Å². The minimum Gasteiger partial charge on any atom is -0.245 e. The topological polar surface area (TPSA) is 120 Å². The average Bonchev–Trinajstić information content (AvgIpc) is 2.88. The van der Waals surface area contributed by atoms with Crippen LogP contribution < -0.4 is 10.7 Å². The molecule has 0 unspecified atom stereocenters. The molecule has 9 heteroatoms. The summed E-state index contributed by atoms with van der Waals surface area (Å²) in [4.78, 5) is 6.52. The molecule has 100 valence electrons. The minimum absolute atomic E-state index is 0.475. The molecule has 21 heavy (non-hydrogen) atoms. The number of hydrogen-bond donors (Lipinski definition) is 0. The normalized spacial score (nSPS) is 12.9.